The van der Waals surface area contributed by atoms with Gasteiger partial charge in [-0.3, -0.25) is 4.79 Å². The third-order valence-electron chi connectivity index (χ3n) is 3.15. The van der Waals surface area contributed by atoms with Crippen LogP contribution in [0, 0.1) is 0 Å². The Morgan fingerprint density at radius 2 is 1.96 bits per heavy atom. The molecule has 25 heavy (non-hydrogen) atoms. The van der Waals surface area contributed by atoms with E-state index in [0.29, 0.717) is 27.8 Å². The van der Waals surface area contributed by atoms with Gasteiger partial charge in [0.05, 0.1) is 24.3 Å². The van der Waals surface area contributed by atoms with Gasteiger partial charge in [0.2, 0.25) is 0 Å². The van der Waals surface area contributed by atoms with E-state index in [-0.39, 0.29) is 19.1 Å². The first-order chi connectivity index (χ1) is 12.0. The van der Waals surface area contributed by atoms with Crippen molar-refractivity contribution in [3.05, 3.63) is 53.1 Å². The average Bonchev–Trinajstić information content (AvgIpc) is 2.60. The molecule has 1 N–H and O–H groups in total. The molecule has 0 aliphatic rings. The second-order valence-electron chi connectivity index (χ2n) is 4.93. The van der Waals surface area contributed by atoms with Crippen molar-refractivity contribution in [3.63, 3.8) is 0 Å². The first kappa shape index (κ1) is 18.6. The van der Waals surface area contributed by atoms with Crippen molar-refractivity contribution >= 4 is 29.2 Å². The Kier molecular flexibility index (Phi) is 6.65. The number of carbonyl (C=O) groups is 2. The van der Waals surface area contributed by atoms with E-state index in [2.05, 4.69) is 5.32 Å². The Morgan fingerprint density at radius 3 is 2.64 bits per heavy atom. The Hall–Kier alpha value is -2.73. The number of amides is 1. The van der Waals surface area contributed by atoms with Crippen molar-refractivity contribution < 1.29 is 23.8 Å². The highest BCUT2D eigenvalue weighted by Crippen LogP contribution is 2.27. The van der Waals surface area contributed by atoms with Crippen LogP contribution in [0.5, 0.6) is 11.5 Å². The van der Waals surface area contributed by atoms with Gasteiger partial charge >= 0.3 is 5.97 Å². The maximum atomic E-state index is 12.0. The van der Waals surface area contributed by atoms with Crippen molar-refractivity contribution in [1.82, 2.24) is 0 Å². The topological polar surface area (TPSA) is 73.9 Å². The van der Waals surface area contributed by atoms with Gasteiger partial charge in [-0.25, -0.2) is 4.79 Å². The largest absolute Gasteiger partial charge is 0.495 e. The summed E-state index contributed by atoms with van der Waals surface area (Å²) in [5, 5.41) is 3.06. The highest BCUT2D eigenvalue weighted by atomic mass is 35.5. The Labute approximate surface area is 150 Å². The van der Waals surface area contributed by atoms with E-state index in [4.69, 9.17) is 25.8 Å². The van der Waals surface area contributed by atoms with Crippen molar-refractivity contribution in [2.75, 3.05) is 25.6 Å². The molecule has 0 heterocycles. The molecule has 0 aromatic heterocycles. The molecule has 2 aromatic rings. The smallest absolute Gasteiger partial charge is 0.338 e. The van der Waals surface area contributed by atoms with Crippen LogP contribution in [0.2, 0.25) is 5.02 Å². The fraction of sp³-hybridized carbons (Fsp3) is 0.222. The number of anilines is 1. The van der Waals surface area contributed by atoms with Crippen molar-refractivity contribution in [2.45, 2.75) is 6.92 Å². The molecule has 0 fully saturated rings. The van der Waals surface area contributed by atoms with Crippen LogP contribution >= 0.6 is 11.6 Å². The Morgan fingerprint density at radius 1 is 1.16 bits per heavy atom. The molecule has 0 saturated heterocycles. The lowest BCUT2D eigenvalue weighted by Crippen LogP contribution is -2.20. The molecule has 0 radical (unpaired) electrons. The lowest BCUT2D eigenvalue weighted by molar-refractivity contribution is -0.118. The van der Waals surface area contributed by atoms with Crippen LogP contribution in [-0.2, 0) is 9.53 Å². The normalized spacial score (nSPS) is 10.0. The molecule has 0 unspecified atom stereocenters. The summed E-state index contributed by atoms with van der Waals surface area (Å²) in [7, 11) is 1.51. The summed E-state index contributed by atoms with van der Waals surface area (Å²) < 4.78 is 15.4. The molecule has 0 saturated carbocycles. The minimum Gasteiger partial charge on any atom is -0.495 e. The third-order valence-corrected chi connectivity index (χ3v) is 3.45. The van der Waals surface area contributed by atoms with Gasteiger partial charge in [0.1, 0.15) is 11.5 Å². The number of benzene rings is 2. The molecule has 0 aliphatic heterocycles. The quantitative estimate of drug-likeness (QED) is 0.761. The highest BCUT2D eigenvalue weighted by Gasteiger charge is 2.09. The number of halogens is 1. The number of hydrogen-bond donors (Lipinski definition) is 1. The summed E-state index contributed by atoms with van der Waals surface area (Å²) in [6.07, 6.45) is 0. The molecule has 7 heteroatoms. The van der Waals surface area contributed by atoms with Gasteiger partial charge in [-0.1, -0.05) is 17.7 Å². The van der Waals surface area contributed by atoms with Crippen molar-refractivity contribution in [1.29, 1.82) is 0 Å². The van der Waals surface area contributed by atoms with Gasteiger partial charge in [0.15, 0.2) is 6.61 Å². The number of rotatable bonds is 7. The number of ether oxygens (including phenoxy) is 3. The molecule has 0 bridgehead atoms. The van der Waals surface area contributed by atoms with Crippen LogP contribution in [0.15, 0.2) is 42.5 Å². The number of esters is 1. The van der Waals surface area contributed by atoms with E-state index in [1.54, 1.807) is 43.3 Å². The summed E-state index contributed by atoms with van der Waals surface area (Å²) in [6, 6.07) is 11.4. The molecule has 0 aliphatic carbocycles. The zero-order chi connectivity index (χ0) is 18.2. The molecule has 0 spiro atoms. The zero-order valence-corrected chi connectivity index (χ0v) is 14.6. The summed E-state index contributed by atoms with van der Waals surface area (Å²) in [5.74, 6) is 0.119. The van der Waals surface area contributed by atoms with Crippen molar-refractivity contribution in [3.8, 4) is 11.5 Å². The molecular formula is C18H18ClNO5. The van der Waals surface area contributed by atoms with E-state index < -0.39 is 5.97 Å². The van der Waals surface area contributed by atoms with Gasteiger partial charge in [-0.05, 0) is 43.3 Å². The third kappa shape index (κ3) is 5.39. The van der Waals surface area contributed by atoms with Gasteiger partial charge in [0.25, 0.3) is 5.91 Å². The van der Waals surface area contributed by atoms with Gasteiger partial charge < -0.3 is 19.5 Å². The SMILES string of the molecule is CCOC(=O)c1cccc(OCC(=O)Nc2ccc(OC)c(Cl)c2)c1. The summed E-state index contributed by atoms with van der Waals surface area (Å²) in [4.78, 5) is 23.7. The fourth-order valence-corrected chi connectivity index (χ4v) is 2.28. The molecular weight excluding hydrogens is 346 g/mol. The molecule has 1 amide bonds. The molecule has 2 aromatic carbocycles. The highest BCUT2D eigenvalue weighted by molar-refractivity contribution is 6.32. The number of nitrogens with one attached hydrogen (secondary N) is 1. The second kappa shape index (κ2) is 8.94. The monoisotopic (exact) mass is 363 g/mol. The average molecular weight is 364 g/mol. The summed E-state index contributed by atoms with van der Waals surface area (Å²) in [5.41, 5.74) is 0.890. The maximum absolute atomic E-state index is 12.0. The minimum atomic E-state index is -0.440. The molecule has 6 nitrogen and oxygen atoms in total. The Balaban J connectivity index is 1.92. The Bertz CT molecular complexity index is 763. The van der Waals surface area contributed by atoms with Crippen LogP contribution in [0.1, 0.15) is 17.3 Å². The van der Waals surface area contributed by atoms with Crippen LogP contribution < -0.4 is 14.8 Å². The first-order valence-electron chi connectivity index (χ1n) is 7.57. The van der Waals surface area contributed by atoms with Crippen LogP contribution in [0.4, 0.5) is 5.69 Å². The van der Waals surface area contributed by atoms with Gasteiger partial charge in [-0.2, -0.15) is 0 Å². The first-order valence-corrected chi connectivity index (χ1v) is 7.94. The lowest BCUT2D eigenvalue weighted by atomic mass is 10.2. The standard InChI is InChI=1S/C18H18ClNO5/c1-3-24-18(22)12-5-4-6-14(9-12)25-11-17(21)20-13-7-8-16(23-2)15(19)10-13/h4-10H,3,11H2,1-2H3,(H,20,21). The van der Waals surface area contributed by atoms with E-state index >= 15 is 0 Å². The maximum Gasteiger partial charge on any atom is 0.338 e. The summed E-state index contributed by atoms with van der Waals surface area (Å²) in [6.45, 7) is 1.81. The molecule has 0 atom stereocenters. The van der Waals surface area contributed by atoms with Crippen molar-refractivity contribution in [2.24, 2.45) is 0 Å². The van der Waals surface area contributed by atoms with E-state index in [0.717, 1.165) is 0 Å². The predicted octanol–water partition coefficient (Wildman–Crippen LogP) is 3.54. The fourth-order valence-electron chi connectivity index (χ4n) is 2.02. The van der Waals surface area contributed by atoms with E-state index in [1.165, 1.54) is 13.2 Å². The number of hydrogen-bond acceptors (Lipinski definition) is 5. The minimum absolute atomic E-state index is 0.212. The lowest BCUT2D eigenvalue weighted by Gasteiger charge is -2.10. The zero-order valence-electron chi connectivity index (χ0n) is 13.9. The van der Waals surface area contributed by atoms with Crippen LogP contribution in [0.25, 0.3) is 0 Å². The van der Waals surface area contributed by atoms with Crippen LogP contribution in [-0.4, -0.2) is 32.2 Å². The number of carbonyl (C=O) groups excluding carboxylic acids is 2. The summed E-state index contributed by atoms with van der Waals surface area (Å²) >= 11 is 6.01. The molecule has 2 rings (SSSR count). The predicted molar refractivity (Wildman–Crippen MR) is 94.5 cm³/mol. The van der Waals surface area contributed by atoms with Crippen LogP contribution in [0.3, 0.4) is 0 Å². The van der Waals surface area contributed by atoms with Gasteiger partial charge in [-0.15, -0.1) is 0 Å². The van der Waals surface area contributed by atoms with E-state index in [9.17, 15) is 9.59 Å². The number of methoxy groups -OCH3 is 1. The van der Waals surface area contributed by atoms with E-state index in [1.807, 2.05) is 0 Å². The van der Waals surface area contributed by atoms with Gasteiger partial charge in [0, 0.05) is 5.69 Å². The second-order valence-corrected chi connectivity index (χ2v) is 5.34. The molecule has 132 valence electrons.